The van der Waals surface area contributed by atoms with Gasteiger partial charge in [0.05, 0.1) is 0 Å². The second-order valence-electron chi connectivity index (χ2n) is 6.83. The molecule has 0 saturated carbocycles. The molecule has 0 bridgehead atoms. The van der Waals surface area contributed by atoms with Crippen LogP contribution in [0, 0.1) is 18.7 Å². The Morgan fingerprint density at radius 1 is 1.26 bits per heavy atom. The van der Waals surface area contributed by atoms with E-state index >= 15 is 0 Å². The molecule has 1 aromatic carbocycles. The highest BCUT2D eigenvalue weighted by Crippen LogP contribution is 2.24. The molecule has 1 aliphatic heterocycles. The highest BCUT2D eigenvalue weighted by molar-refractivity contribution is 5.79. The quantitative estimate of drug-likeness (QED) is 0.763. The van der Waals surface area contributed by atoms with Crippen LogP contribution in [0.3, 0.4) is 0 Å². The molecular formula is C19H21FN6O. The van der Waals surface area contributed by atoms with Crippen LogP contribution in [0.25, 0.3) is 5.78 Å². The van der Waals surface area contributed by atoms with Crippen LogP contribution >= 0.6 is 0 Å². The standard InChI is InChI=1S/C19H21FN6O/c1-13-10-17(26-19(24-13)22-12-23-26)25-8-6-15(7-9-25)18(27)21-11-14-2-4-16(20)5-3-14/h2-5,10,12,15H,6-9,11H2,1H3,(H,21,27). The summed E-state index contributed by atoms with van der Waals surface area (Å²) in [5, 5.41) is 7.21. The number of amides is 1. The van der Waals surface area contributed by atoms with Gasteiger partial charge in [-0.15, -0.1) is 0 Å². The Kier molecular flexibility index (Phi) is 4.70. The van der Waals surface area contributed by atoms with Crippen LogP contribution in [0.1, 0.15) is 24.1 Å². The minimum atomic E-state index is -0.273. The summed E-state index contributed by atoms with van der Waals surface area (Å²) in [6, 6.07) is 8.18. The summed E-state index contributed by atoms with van der Waals surface area (Å²) < 4.78 is 14.7. The van der Waals surface area contributed by atoms with Gasteiger partial charge in [0, 0.05) is 37.3 Å². The molecule has 0 spiro atoms. The molecule has 3 aromatic rings. The van der Waals surface area contributed by atoms with E-state index in [2.05, 4.69) is 25.3 Å². The molecule has 8 heteroatoms. The van der Waals surface area contributed by atoms with Crippen LogP contribution in [0.2, 0.25) is 0 Å². The Balaban J connectivity index is 1.36. The van der Waals surface area contributed by atoms with Gasteiger partial charge in [-0.2, -0.15) is 14.6 Å². The van der Waals surface area contributed by atoms with Crippen molar-refractivity contribution >= 4 is 17.5 Å². The smallest absolute Gasteiger partial charge is 0.254 e. The van der Waals surface area contributed by atoms with E-state index in [9.17, 15) is 9.18 Å². The van der Waals surface area contributed by atoms with Crippen molar-refractivity contribution in [2.24, 2.45) is 5.92 Å². The number of rotatable bonds is 4. The van der Waals surface area contributed by atoms with Crippen LogP contribution < -0.4 is 10.2 Å². The lowest BCUT2D eigenvalue weighted by Gasteiger charge is -2.32. The van der Waals surface area contributed by atoms with Gasteiger partial charge >= 0.3 is 0 Å². The van der Waals surface area contributed by atoms with Crippen LogP contribution in [0.4, 0.5) is 10.2 Å². The molecule has 0 atom stereocenters. The maximum Gasteiger partial charge on any atom is 0.254 e. The molecule has 1 aliphatic rings. The Hall–Kier alpha value is -3.03. The summed E-state index contributed by atoms with van der Waals surface area (Å²) in [6.07, 6.45) is 3.04. The summed E-state index contributed by atoms with van der Waals surface area (Å²) in [5.74, 6) is 1.31. The van der Waals surface area contributed by atoms with Gasteiger partial charge in [-0.25, -0.2) is 9.37 Å². The number of aromatic nitrogens is 4. The van der Waals surface area contributed by atoms with E-state index in [0.29, 0.717) is 12.3 Å². The first-order valence-electron chi connectivity index (χ1n) is 9.04. The third-order valence-electron chi connectivity index (χ3n) is 4.93. The number of hydrogen-bond acceptors (Lipinski definition) is 5. The third-order valence-corrected chi connectivity index (χ3v) is 4.93. The van der Waals surface area contributed by atoms with Crippen molar-refractivity contribution in [2.45, 2.75) is 26.3 Å². The van der Waals surface area contributed by atoms with Crippen LogP contribution in [-0.4, -0.2) is 38.6 Å². The number of piperidine rings is 1. The second-order valence-corrected chi connectivity index (χ2v) is 6.83. The summed E-state index contributed by atoms with van der Waals surface area (Å²) in [4.78, 5) is 23.2. The van der Waals surface area contributed by atoms with Gasteiger partial charge in [-0.1, -0.05) is 12.1 Å². The fourth-order valence-electron chi connectivity index (χ4n) is 3.44. The largest absolute Gasteiger partial charge is 0.356 e. The normalized spacial score (nSPS) is 15.3. The molecule has 4 rings (SSSR count). The zero-order valence-electron chi connectivity index (χ0n) is 15.1. The minimum Gasteiger partial charge on any atom is -0.356 e. The predicted octanol–water partition coefficient (Wildman–Crippen LogP) is 2.10. The number of aryl methyl sites for hydroxylation is 1. The van der Waals surface area contributed by atoms with Crippen LogP contribution in [-0.2, 0) is 11.3 Å². The number of hydrogen-bond donors (Lipinski definition) is 1. The van der Waals surface area contributed by atoms with E-state index in [4.69, 9.17) is 0 Å². The Morgan fingerprint density at radius 3 is 2.74 bits per heavy atom. The van der Waals surface area contributed by atoms with Crippen LogP contribution in [0.15, 0.2) is 36.7 Å². The fraction of sp³-hybridized carbons (Fsp3) is 0.368. The van der Waals surface area contributed by atoms with Gasteiger partial charge in [0.15, 0.2) is 0 Å². The average Bonchev–Trinajstić information content (AvgIpc) is 3.15. The highest BCUT2D eigenvalue weighted by atomic mass is 19.1. The summed E-state index contributed by atoms with van der Waals surface area (Å²) in [6.45, 7) is 3.90. The Morgan fingerprint density at radius 2 is 2.00 bits per heavy atom. The monoisotopic (exact) mass is 368 g/mol. The summed E-state index contributed by atoms with van der Waals surface area (Å²) in [5.41, 5.74) is 1.78. The Labute approximate surface area is 156 Å². The number of nitrogens with zero attached hydrogens (tertiary/aromatic N) is 5. The minimum absolute atomic E-state index is 0.0177. The molecule has 1 fully saturated rings. The zero-order chi connectivity index (χ0) is 18.8. The van der Waals surface area contributed by atoms with E-state index in [1.165, 1.54) is 18.5 Å². The van der Waals surface area contributed by atoms with E-state index < -0.39 is 0 Å². The lowest BCUT2D eigenvalue weighted by molar-refractivity contribution is -0.125. The number of nitrogens with one attached hydrogen (secondary N) is 1. The number of fused-ring (bicyclic) bond motifs is 1. The maximum atomic E-state index is 12.9. The van der Waals surface area contributed by atoms with Crippen molar-refractivity contribution in [1.82, 2.24) is 24.9 Å². The average molecular weight is 368 g/mol. The lowest BCUT2D eigenvalue weighted by atomic mass is 9.95. The van der Waals surface area contributed by atoms with Crippen LogP contribution in [0.5, 0.6) is 0 Å². The van der Waals surface area contributed by atoms with Gasteiger partial charge in [-0.05, 0) is 37.5 Å². The van der Waals surface area contributed by atoms with Crippen molar-refractivity contribution in [3.05, 3.63) is 53.7 Å². The molecule has 0 aliphatic carbocycles. The van der Waals surface area contributed by atoms with Crippen molar-refractivity contribution in [2.75, 3.05) is 18.0 Å². The van der Waals surface area contributed by atoms with Crippen molar-refractivity contribution in [3.8, 4) is 0 Å². The van der Waals surface area contributed by atoms with Crippen molar-refractivity contribution in [1.29, 1.82) is 0 Å². The number of carbonyl (C=O) groups excluding carboxylic acids is 1. The summed E-state index contributed by atoms with van der Waals surface area (Å²) >= 11 is 0. The van der Waals surface area contributed by atoms with Crippen molar-refractivity contribution < 1.29 is 9.18 Å². The first-order chi connectivity index (χ1) is 13.1. The maximum absolute atomic E-state index is 12.9. The lowest BCUT2D eigenvalue weighted by Crippen LogP contribution is -2.41. The van der Waals surface area contributed by atoms with Gasteiger partial charge in [0.25, 0.3) is 5.78 Å². The van der Waals surface area contributed by atoms with Gasteiger partial charge in [-0.3, -0.25) is 4.79 Å². The van der Waals surface area contributed by atoms with E-state index in [1.807, 2.05) is 13.0 Å². The van der Waals surface area contributed by atoms with Gasteiger partial charge in [0.2, 0.25) is 5.91 Å². The fourth-order valence-corrected chi connectivity index (χ4v) is 3.44. The molecule has 7 nitrogen and oxygen atoms in total. The molecule has 27 heavy (non-hydrogen) atoms. The van der Waals surface area contributed by atoms with E-state index in [-0.39, 0.29) is 17.6 Å². The topological polar surface area (TPSA) is 75.4 Å². The molecule has 1 saturated heterocycles. The Bertz CT molecular complexity index is 946. The zero-order valence-corrected chi connectivity index (χ0v) is 15.1. The summed E-state index contributed by atoms with van der Waals surface area (Å²) in [7, 11) is 0. The molecule has 1 amide bonds. The highest BCUT2D eigenvalue weighted by Gasteiger charge is 2.26. The molecule has 1 N–H and O–H groups in total. The number of halogens is 1. The second kappa shape index (κ2) is 7.30. The molecule has 3 heterocycles. The van der Waals surface area contributed by atoms with E-state index in [0.717, 1.165) is 43.0 Å². The third kappa shape index (κ3) is 3.74. The molecular weight excluding hydrogens is 347 g/mol. The number of anilines is 1. The first-order valence-corrected chi connectivity index (χ1v) is 9.04. The number of benzene rings is 1. The molecule has 0 unspecified atom stereocenters. The van der Waals surface area contributed by atoms with Gasteiger partial charge in [0.1, 0.15) is 18.0 Å². The SMILES string of the molecule is Cc1cc(N2CCC(C(=O)NCc3ccc(F)cc3)CC2)n2ncnc2n1. The van der Waals surface area contributed by atoms with Crippen molar-refractivity contribution in [3.63, 3.8) is 0 Å². The number of carbonyl (C=O) groups is 1. The van der Waals surface area contributed by atoms with Gasteiger partial charge < -0.3 is 10.2 Å². The first kappa shape index (κ1) is 17.4. The molecule has 0 radical (unpaired) electrons. The molecule has 140 valence electrons. The molecule has 2 aromatic heterocycles. The van der Waals surface area contributed by atoms with E-state index in [1.54, 1.807) is 16.6 Å². The predicted molar refractivity (Wildman–Crippen MR) is 98.7 cm³/mol.